The van der Waals surface area contributed by atoms with Crippen LogP contribution in [0.4, 0.5) is 5.69 Å². The van der Waals surface area contributed by atoms with Crippen LogP contribution in [0.1, 0.15) is 20.8 Å². The summed E-state index contributed by atoms with van der Waals surface area (Å²) in [5, 5.41) is 9.56. The summed E-state index contributed by atoms with van der Waals surface area (Å²) in [6.45, 7) is 4.25. The summed E-state index contributed by atoms with van der Waals surface area (Å²) >= 11 is 0. The van der Waals surface area contributed by atoms with Gasteiger partial charge in [0.25, 0.3) is 0 Å². The topological polar surface area (TPSA) is 106 Å². The second-order valence-electron chi connectivity index (χ2n) is 6.44. The Kier molecular flexibility index (Phi) is 5.36. The van der Waals surface area contributed by atoms with Crippen molar-refractivity contribution in [3.05, 3.63) is 30.5 Å². The number of thiol groups is 1. The first-order chi connectivity index (χ1) is 11.6. The number of para-hydroxylation sites is 1. The third-order valence-corrected chi connectivity index (χ3v) is 4.00. The van der Waals surface area contributed by atoms with Gasteiger partial charge >= 0.3 is 11.9 Å². The Labute approximate surface area is 146 Å². The molecule has 0 aliphatic carbocycles. The van der Waals surface area contributed by atoms with Crippen molar-refractivity contribution in [1.29, 1.82) is 0 Å². The third-order valence-electron chi connectivity index (χ3n) is 3.25. The van der Waals surface area contributed by atoms with Crippen molar-refractivity contribution in [1.82, 2.24) is 4.57 Å². The highest BCUT2D eigenvalue weighted by Gasteiger charge is 2.23. The van der Waals surface area contributed by atoms with E-state index in [1.165, 1.54) is 10.8 Å². The van der Waals surface area contributed by atoms with Crippen molar-refractivity contribution in [3.63, 3.8) is 0 Å². The molecule has 0 radical (unpaired) electrons. The van der Waals surface area contributed by atoms with Crippen molar-refractivity contribution in [3.8, 4) is 0 Å². The van der Waals surface area contributed by atoms with Gasteiger partial charge in [-0.05, 0) is 26.8 Å². The average Bonchev–Trinajstić information content (AvgIpc) is 2.81. The van der Waals surface area contributed by atoms with Crippen molar-refractivity contribution >= 4 is 39.4 Å². The average molecular weight is 368 g/mol. The maximum atomic E-state index is 12.0. The normalized spacial score (nSPS) is 11.7. The molecule has 1 aromatic carbocycles. The molecular formula is C16H20N2O6S. The predicted molar refractivity (Wildman–Crippen MR) is 93.1 cm³/mol. The minimum absolute atomic E-state index is 0.235. The van der Waals surface area contributed by atoms with Crippen LogP contribution in [0.25, 0.3) is 10.9 Å². The fourth-order valence-corrected chi connectivity index (χ4v) is 3.00. The van der Waals surface area contributed by atoms with Gasteiger partial charge in [0, 0.05) is 11.6 Å². The number of aromatic nitrogens is 1. The lowest BCUT2D eigenvalue weighted by Crippen LogP contribution is -2.34. The molecule has 2 rings (SSSR count). The number of rotatable bonds is 6. The molecule has 0 amide bonds. The first kappa shape index (κ1) is 18.8. The molecule has 0 spiro atoms. The lowest BCUT2D eigenvalue weighted by molar-refractivity contribution is -0.152. The number of carboxylic acids is 1. The number of anilines is 1. The van der Waals surface area contributed by atoms with E-state index in [9.17, 15) is 18.0 Å². The fourth-order valence-electron chi connectivity index (χ4n) is 2.44. The van der Waals surface area contributed by atoms with Gasteiger partial charge in [-0.15, -0.1) is 0 Å². The minimum Gasteiger partial charge on any atom is -0.480 e. The largest absolute Gasteiger partial charge is 0.480 e. The zero-order valence-corrected chi connectivity index (χ0v) is 15.0. The Hall–Kier alpha value is -2.55. The maximum absolute atomic E-state index is 12.0. The predicted octanol–water partition coefficient (Wildman–Crippen LogP) is 1.40. The quantitative estimate of drug-likeness (QED) is 0.590. The Balaban J connectivity index is 2.45. The maximum Gasteiger partial charge on any atom is 0.327 e. The van der Waals surface area contributed by atoms with E-state index in [-0.39, 0.29) is 12.2 Å². The molecule has 0 unspecified atom stereocenters. The molecule has 9 heteroatoms. The van der Waals surface area contributed by atoms with Gasteiger partial charge in [-0.1, -0.05) is 18.2 Å². The summed E-state index contributed by atoms with van der Waals surface area (Å²) < 4.78 is 30.9. The van der Waals surface area contributed by atoms with Crippen LogP contribution in [0.2, 0.25) is 0 Å². The molecule has 25 heavy (non-hydrogen) atoms. The SMILES string of the molecule is CC(C)(C)OC(=O)CN(c1cn(CC(=O)O)c2ccccc12)[SH](=O)=O. The zero-order valence-electron chi connectivity index (χ0n) is 14.1. The summed E-state index contributed by atoms with van der Waals surface area (Å²) in [4.78, 5) is 23.1. The lowest BCUT2D eigenvalue weighted by Gasteiger charge is -2.22. The highest BCUT2D eigenvalue weighted by molar-refractivity contribution is 7.74. The van der Waals surface area contributed by atoms with Crippen molar-refractivity contribution in [2.45, 2.75) is 32.9 Å². The number of aliphatic carboxylic acids is 1. The molecule has 0 saturated heterocycles. The molecule has 2 aromatic rings. The number of hydrogen-bond donors (Lipinski definition) is 2. The van der Waals surface area contributed by atoms with Gasteiger partial charge in [0.05, 0.1) is 11.2 Å². The fraction of sp³-hybridized carbons (Fsp3) is 0.375. The lowest BCUT2D eigenvalue weighted by atomic mass is 10.2. The second-order valence-corrected chi connectivity index (χ2v) is 7.39. The molecule has 0 fully saturated rings. The van der Waals surface area contributed by atoms with Gasteiger partial charge in [-0.2, -0.15) is 0 Å². The molecule has 0 aliphatic heterocycles. The highest BCUT2D eigenvalue weighted by Crippen LogP contribution is 2.29. The van der Waals surface area contributed by atoms with E-state index in [4.69, 9.17) is 9.84 Å². The Bertz CT molecular complexity index is 870. The molecular weight excluding hydrogens is 348 g/mol. The van der Waals surface area contributed by atoms with Crippen LogP contribution in [0.5, 0.6) is 0 Å². The third kappa shape index (κ3) is 4.72. The van der Waals surface area contributed by atoms with E-state index >= 15 is 0 Å². The van der Waals surface area contributed by atoms with Gasteiger partial charge in [0.15, 0.2) is 0 Å². The van der Waals surface area contributed by atoms with E-state index in [1.54, 1.807) is 45.0 Å². The molecule has 1 N–H and O–H groups in total. The molecule has 136 valence electrons. The summed E-state index contributed by atoms with van der Waals surface area (Å²) in [6.07, 6.45) is 1.41. The van der Waals surface area contributed by atoms with Crippen LogP contribution in [0.3, 0.4) is 0 Å². The van der Waals surface area contributed by atoms with Gasteiger partial charge < -0.3 is 14.4 Å². The van der Waals surface area contributed by atoms with E-state index in [0.29, 0.717) is 10.9 Å². The van der Waals surface area contributed by atoms with Crippen molar-refractivity contribution in [2.24, 2.45) is 0 Å². The Morgan fingerprint density at radius 1 is 1.24 bits per heavy atom. The summed E-state index contributed by atoms with van der Waals surface area (Å²) in [7, 11) is -3.12. The summed E-state index contributed by atoms with van der Waals surface area (Å²) in [6, 6.07) is 6.79. The number of nitrogens with zero attached hydrogens (tertiary/aromatic N) is 2. The van der Waals surface area contributed by atoms with Crippen LogP contribution < -0.4 is 4.31 Å². The van der Waals surface area contributed by atoms with Crippen molar-refractivity contribution in [2.75, 3.05) is 10.8 Å². The van der Waals surface area contributed by atoms with Crippen LogP contribution in [0.15, 0.2) is 30.5 Å². The monoisotopic (exact) mass is 368 g/mol. The van der Waals surface area contributed by atoms with E-state index in [1.807, 2.05) is 0 Å². The highest BCUT2D eigenvalue weighted by atomic mass is 32.2. The number of hydrogen-bond acceptors (Lipinski definition) is 5. The zero-order chi connectivity index (χ0) is 18.8. The first-order valence-electron chi connectivity index (χ1n) is 7.52. The molecule has 0 aliphatic rings. The van der Waals surface area contributed by atoms with Gasteiger partial charge in [0.1, 0.15) is 18.7 Å². The number of carbonyl (C=O) groups excluding carboxylic acids is 1. The molecule has 8 nitrogen and oxygen atoms in total. The smallest absolute Gasteiger partial charge is 0.327 e. The number of esters is 1. The molecule has 0 saturated carbocycles. The van der Waals surface area contributed by atoms with Crippen LogP contribution in [-0.2, 0) is 31.8 Å². The number of ether oxygens (including phenoxy) is 1. The molecule has 0 atom stereocenters. The van der Waals surface area contributed by atoms with Gasteiger partial charge in [0.2, 0.25) is 10.9 Å². The summed E-state index contributed by atoms with van der Waals surface area (Å²) in [5.41, 5.74) is 0.0546. The second kappa shape index (κ2) is 7.14. The van der Waals surface area contributed by atoms with Crippen molar-refractivity contribution < 1.29 is 27.9 Å². The number of fused-ring (bicyclic) bond motifs is 1. The molecule has 0 bridgehead atoms. The van der Waals surface area contributed by atoms with Crippen LogP contribution >= 0.6 is 0 Å². The standard InChI is InChI=1S/C16H20N2O6S/c1-16(2,3)24-15(21)10-18(25(22)23)13-8-17(9-14(19)20)12-7-5-4-6-11(12)13/h4-8,25H,9-10H2,1-3H3,(H,19,20). The van der Waals surface area contributed by atoms with Gasteiger partial charge in [-0.3, -0.25) is 13.9 Å². The number of carboxylic acid groups (broad SMARTS) is 1. The number of benzene rings is 1. The van der Waals surface area contributed by atoms with Gasteiger partial charge in [-0.25, -0.2) is 8.42 Å². The first-order valence-corrected chi connectivity index (χ1v) is 8.65. The Morgan fingerprint density at radius 2 is 1.88 bits per heavy atom. The van der Waals surface area contributed by atoms with E-state index in [0.717, 1.165) is 4.31 Å². The number of carbonyl (C=O) groups is 2. The van der Waals surface area contributed by atoms with Crippen LogP contribution in [-0.4, -0.2) is 42.2 Å². The molecule has 1 heterocycles. The van der Waals surface area contributed by atoms with E-state index in [2.05, 4.69) is 0 Å². The molecule has 1 aromatic heterocycles. The Morgan fingerprint density at radius 3 is 2.44 bits per heavy atom. The van der Waals surface area contributed by atoms with Crippen LogP contribution in [0, 0.1) is 0 Å². The minimum atomic E-state index is -3.12. The summed E-state index contributed by atoms with van der Waals surface area (Å²) in [5.74, 6) is -1.75. The van der Waals surface area contributed by atoms with E-state index < -0.39 is 35.0 Å².